The van der Waals surface area contributed by atoms with Crippen LogP contribution in [0.3, 0.4) is 0 Å². The maximum absolute atomic E-state index is 12.7. The molecule has 2 saturated carbocycles. The first-order chi connectivity index (χ1) is 14.0. The fourth-order valence-corrected chi connectivity index (χ4v) is 4.17. The average molecular weight is 404 g/mol. The minimum atomic E-state index is -0.132. The van der Waals surface area contributed by atoms with Crippen molar-refractivity contribution in [1.29, 1.82) is 0 Å². The molecule has 2 fully saturated rings. The van der Waals surface area contributed by atoms with Gasteiger partial charge in [0.05, 0.1) is 0 Å². The summed E-state index contributed by atoms with van der Waals surface area (Å²) in [6.07, 6.45) is 6.66. The number of nitrogens with one attached hydrogen (secondary N) is 2. The normalized spacial score (nSPS) is 21.9. The number of hydrogen-bond acceptors (Lipinski definition) is 4. The smallest absolute Gasteiger partial charge is 0.287 e. The molecule has 0 radical (unpaired) electrons. The summed E-state index contributed by atoms with van der Waals surface area (Å²) in [7, 11) is 0. The highest BCUT2D eigenvalue weighted by Gasteiger charge is 2.29. The van der Waals surface area contributed by atoms with Gasteiger partial charge in [-0.3, -0.25) is 14.5 Å². The molecule has 162 valence electrons. The zero-order chi connectivity index (χ0) is 20.8. The SMILES string of the molecule is CCc1oc(C(=O)NC2CCC(C(=O)NCC3CC3)CC2)cc1CN(CC)CC. The van der Waals surface area contributed by atoms with Crippen molar-refractivity contribution in [3.05, 3.63) is 23.2 Å². The first-order valence-electron chi connectivity index (χ1n) is 11.5. The number of hydrogen-bond donors (Lipinski definition) is 2. The fraction of sp³-hybridized carbons (Fsp3) is 0.739. The Morgan fingerprint density at radius 2 is 1.76 bits per heavy atom. The second kappa shape index (κ2) is 10.3. The number of furan rings is 1. The van der Waals surface area contributed by atoms with Crippen molar-refractivity contribution in [3.63, 3.8) is 0 Å². The summed E-state index contributed by atoms with van der Waals surface area (Å²) >= 11 is 0. The van der Waals surface area contributed by atoms with Crippen LogP contribution in [0.4, 0.5) is 0 Å². The molecule has 6 heteroatoms. The highest BCUT2D eigenvalue weighted by molar-refractivity contribution is 5.92. The summed E-state index contributed by atoms with van der Waals surface area (Å²) in [6, 6.07) is 2.03. The Kier molecular flexibility index (Phi) is 7.76. The number of aryl methyl sites for hydroxylation is 1. The molecule has 2 amide bonds. The lowest BCUT2D eigenvalue weighted by molar-refractivity contribution is -0.126. The van der Waals surface area contributed by atoms with Crippen molar-refractivity contribution in [2.24, 2.45) is 11.8 Å². The van der Waals surface area contributed by atoms with Crippen LogP contribution in [0.25, 0.3) is 0 Å². The van der Waals surface area contributed by atoms with Gasteiger partial charge in [-0.1, -0.05) is 20.8 Å². The van der Waals surface area contributed by atoms with Gasteiger partial charge in [0, 0.05) is 37.0 Å². The molecule has 2 aliphatic rings. The molecule has 0 bridgehead atoms. The quantitative estimate of drug-likeness (QED) is 0.627. The zero-order valence-corrected chi connectivity index (χ0v) is 18.3. The van der Waals surface area contributed by atoms with Crippen molar-refractivity contribution in [2.45, 2.75) is 78.3 Å². The van der Waals surface area contributed by atoms with Crippen LogP contribution in [0, 0.1) is 11.8 Å². The van der Waals surface area contributed by atoms with E-state index in [1.54, 1.807) is 0 Å². The summed E-state index contributed by atoms with van der Waals surface area (Å²) < 4.78 is 5.87. The van der Waals surface area contributed by atoms with E-state index in [4.69, 9.17) is 4.42 Å². The second-order valence-electron chi connectivity index (χ2n) is 8.58. The third-order valence-electron chi connectivity index (χ3n) is 6.43. The number of carbonyl (C=O) groups excluding carboxylic acids is 2. The van der Waals surface area contributed by atoms with Crippen LogP contribution < -0.4 is 10.6 Å². The van der Waals surface area contributed by atoms with E-state index in [9.17, 15) is 9.59 Å². The molecular formula is C23H37N3O3. The van der Waals surface area contributed by atoms with Crippen LogP contribution >= 0.6 is 0 Å². The molecule has 29 heavy (non-hydrogen) atoms. The lowest BCUT2D eigenvalue weighted by Crippen LogP contribution is -2.41. The maximum Gasteiger partial charge on any atom is 0.287 e. The van der Waals surface area contributed by atoms with Gasteiger partial charge in [-0.15, -0.1) is 0 Å². The highest BCUT2D eigenvalue weighted by atomic mass is 16.4. The Hall–Kier alpha value is -1.82. The topological polar surface area (TPSA) is 74.6 Å². The van der Waals surface area contributed by atoms with Gasteiger partial charge in [0.1, 0.15) is 5.76 Å². The van der Waals surface area contributed by atoms with Crippen LogP contribution in [0.1, 0.15) is 81.2 Å². The van der Waals surface area contributed by atoms with E-state index < -0.39 is 0 Å². The van der Waals surface area contributed by atoms with E-state index >= 15 is 0 Å². The molecule has 1 heterocycles. The predicted octanol–water partition coefficient (Wildman–Crippen LogP) is 3.50. The van der Waals surface area contributed by atoms with Gasteiger partial charge in [-0.2, -0.15) is 0 Å². The molecule has 3 rings (SSSR count). The number of carbonyl (C=O) groups is 2. The van der Waals surface area contributed by atoms with Crippen LogP contribution in [-0.2, 0) is 17.8 Å². The summed E-state index contributed by atoms with van der Waals surface area (Å²) in [5, 5.41) is 6.21. The Labute approximate surface area is 174 Å². The lowest BCUT2D eigenvalue weighted by Gasteiger charge is -2.28. The third-order valence-corrected chi connectivity index (χ3v) is 6.43. The fourth-order valence-electron chi connectivity index (χ4n) is 4.17. The zero-order valence-electron chi connectivity index (χ0n) is 18.3. The molecule has 0 spiro atoms. The number of nitrogens with zero attached hydrogens (tertiary/aromatic N) is 1. The minimum absolute atomic E-state index is 0.0953. The predicted molar refractivity (Wildman–Crippen MR) is 114 cm³/mol. The Balaban J connectivity index is 1.49. The van der Waals surface area contributed by atoms with E-state index in [1.807, 2.05) is 6.07 Å². The van der Waals surface area contributed by atoms with E-state index in [0.29, 0.717) is 11.7 Å². The van der Waals surface area contributed by atoms with Gasteiger partial charge in [0.25, 0.3) is 5.91 Å². The van der Waals surface area contributed by atoms with Crippen LogP contribution in [0.15, 0.2) is 10.5 Å². The highest BCUT2D eigenvalue weighted by Crippen LogP contribution is 2.29. The second-order valence-corrected chi connectivity index (χ2v) is 8.58. The average Bonchev–Trinajstić information content (AvgIpc) is 3.48. The van der Waals surface area contributed by atoms with Gasteiger partial charge in [-0.25, -0.2) is 0 Å². The van der Waals surface area contributed by atoms with Gasteiger partial charge < -0.3 is 15.1 Å². The van der Waals surface area contributed by atoms with E-state index in [-0.39, 0.29) is 23.8 Å². The molecule has 1 aromatic heterocycles. The molecule has 0 saturated heterocycles. The van der Waals surface area contributed by atoms with Crippen molar-refractivity contribution in [3.8, 4) is 0 Å². The third kappa shape index (κ3) is 6.08. The first kappa shape index (κ1) is 21.9. The standard InChI is InChI=1S/C23H37N3O3/c1-4-20-18(15-26(5-2)6-3)13-21(29-20)23(28)25-19-11-9-17(10-12-19)22(27)24-14-16-7-8-16/h13,16-17,19H,4-12,14-15H2,1-3H3,(H,24,27)(H,25,28). The lowest BCUT2D eigenvalue weighted by atomic mass is 9.85. The summed E-state index contributed by atoms with van der Waals surface area (Å²) in [6.45, 7) is 9.95. The van der Waals surface area contributed by atoms with Crippen molar-refractivity contribution < 1.29 is 14.0 Å². The largest absolute Gasteiger partial charge is 0.456 e. The monoisotopic (exact) mass is 403 g/mol. The molecule has 0 unspecified atom stereocenters. The first-order valence-corrected chi connectivity index (χ1v) is 11.5. The van der Waals surface area contributed by atoms with Gasteiger partial charge in [-0.05, 0) is 63.6 Å². The molecule has 0 aromatic carbocycles. The molecule has 2 aliphatic carbocycles. The van der Waals surface area contributed by atoms with Gasteiger partial charge in [0.15, 0.2) is 5.76 Å². The molecular weight excluding hydrogens is 366 g/mol. The summed E-state index contributed by atoms with van der Waals surface area (Å²) in [5.41, 5.74) is 1.11. The van der Waals surface area contributed by atoms with Crippen LogP contribution in [-0.4, -0.2) is 42.4 Å². The van der Waals surface area contributed by atoms with Gasteiger partial charge >= 0.3 is 0 Å². The van der Waals surface area contributed by atoms with Crippen LogP contribution in [0.5, 0.6) is 0 Å². The van der Waals surface area contributed by atoms with E-state index in [0.717, 1.165) is 69.6 Å². The summed E-state index contributed by atoms with van der Waals surface area (Å²) in [5.74, 6) is 2.18. The Morgan fingerprint density at radius 1 is 1.07 bits per heavy atom. The Bertz CT molecular complexity index is 684. The van der Waals surface area contributed by atoms with Crippen LogP contribution in [0.2, 0.25) is 0 Å². The molecule has 6 nitrogen and oxygen atoms in total. The van der Waals surface area contributed by atoms with Crippen molar-refractivity contribution in [1.82, 2.24) is 15.5 Å². The molecule has 0 atom stereocenters. The molecule has 1 aromatic rings. The van der Waals surface area contributed by atoms with Crippen molar-refractivity contribution >= 4 is 11.8 Å². The van der Waals surface area contributed by atoms with Crippen molar-refractivity contribution in [2.75, 3.05) is 19.6 Å². The van der Waals surface area contributed by atoms with E-state index in [1.165, 1.54) is 12.8 Å². The number of rotatable bonds is 10. The number of amides is 2. The van der Waals surface area contributed by atoms with E-state index in [2.05, 4.69) is 36.3 Å². The molecule has 0 aliphatic heterocycles. The summed E-state index contributed by atoms with van der Waals surface area (Å²) in [4.78, 5) is 27.3. The Morgan fingerprint density at radius 3 is 2.34 bits per heavy atom. The van der Waals surface area contributed by atoms with Gasteiger partial charge in [0.2, 0.25) is 5.91 Å². The molecule has 2 N–H and O–H groups in total. The minimum Gasteiger partial charge on any atom is -0.456 e. The maximum atomic E-state index is 12.7.